The molecular weight excluding hydrogens is 174 g/mol. The minimum atomic E-state index is 0.641. The Morgan fingerprint density at radius 2 is 2.21 bits per heavy atom. The van der Waals surface area contributed by atoms with Gasteiger partial charge in [-0.3, -0.25) is 9.97 Å². The van der Waals surface area contributed by atoms with Crippen LogP contribution >= 0.6 is 0 Å². The molecule has 3 nitrogen and oxygen atoms in total. The molecule has 3 heteroatoms. The smallest absolute Gasteiger partial charge is 0.112 e. The summed E-state index contributed by atoms with van der Waals surface area (Å²) < 4.78 is 0. The Bertz CT molecular complexity index is 489. The highest BCUT2D eigenvalue weighted by atomic mass is 14.8. The SMILES string of the molecule is Nc1cc(C2CC2)nc2cccnc12. The summed E-state index contributed by atoms with van der Waals surface area (Å²) >= 11 is 0. The number of rotatable bonds is 1. The molecule has 0 unspecified atom stereocenters. The van der Waals surface area contributed by atoms with Crippen molar-refractivity contribution in [3.63, 3.8) is 0 Å². The maximum atomic E-state index is 5.92. The fourth-order valence-electron chi connectivity index (χ4n) is 1.70. The van der Waals surface area contributed by atoms with E-state index in [2.05, 4.69) is 9.97 Å². The van der Waals surface area contributed by atoms with Crippen LogP contribution in [0.4, 0.5) is 5.69 Å². The Balaban J connectivity index is 2.27. The molecule has 2 aromatic rings. The highest BCUT2D eigenvalue weighted by molar-refractivity contribution is 5.86. The summed E-state index contributed by atoms with van der Waals surface area (Å²) in [6.07, 6.45) is 4.24. The van der Waals surface area contributed by atoms with E-state index in [1.165, 1.54) is 12.8 Å². The standard InChI is InChI=1S/C11H11N3/c12-8-6-10(7-3-4-7)14-9-2-1-5-13-11(8)9/h1-2,5-7H,3-4H2,(H2,12,14). The zero-order chi connectivity index (χ0) is 9.54. The van der Waals surface area contributed by atoms with Crippen LogP contribution in [0.2, 0.25) is 0 Å². The normalized spacial score (nSPS) is 16.0. The number of pyridine rings is 2. The number of aromatic nitrogens is 2. The molecule has 1 aliphatic rings. The summed E-state index contributed by atoms with van der Waals surface area (Å²) in [5.41, 5.74) is 9.52. The van der Waals surface area contributed by atoms with Gasteiger partial charge in [0.1, 0.15) is 5.52 Å². The zero-order valence-corrected chi connectivity index (χ0v) is 7.77. The third-order valence-corrected chi connectivity index (χ3v) is 2.61. The number of fused-ring (bicyclic) bond motifs is 1. The molecule has 2 aromatic heterocycles. The topological polar surface area (TPSA) is 51.8 Å². The van der Waals surface area contributed by atoms with Crippen LogP contribution in [0.5, 0.6) is 0 Å². The van der Waals surface area contributed by atoms with Gasteiger partial charge < -0.3 is 5.73 Å². The third kappa shape index (κ3) is 1.13. The Kier molecular flexibility index (Phi) is 1.48. The lowest BCUT2D eigenvalue weighted by atomic mass is 10.2. The Labute approximate surface area is 82.0 Å². The second kappa shape index (κ2) is 2.67. The van der Waals surface area contributed by atoms with E-state index >= 15 is 0 Å². The molecule has 0 radical (unpaired) electrons. The molecule has 2 heterocycles. The highest BCUT2D eigenvalue weighted by Gasteiger charge is 2.25. The third-order valence-electron chi connectivity index (χ3n) is 2.61. The van der Waals surface area contributed by atoms with E-state index in [1.807, 2.05) is 18.2 Å². The summed E-state index contributed by atoms with van der Waals surface area (Å²) in [4.78, 5) is 8.77. The van der Waals surface area contributed by atoms with Gasteiger partial charge in [-0.25, -0.2) is 0 Å². The van der Waals surface area contributed by atoms with Crippen LogP contribution in [0.15, 0.2) is 24.4 Å². The molecule has 0 bridgehead atoms. The van der Waals surface area contributed by atoms with Crippen molar-refractivity contribution >= 4 is 16.7 Å². The van der Waals surface area contributed by atoms with E-state index < -0.39 is 0 Å². The average molecular weight is 185 g/mol. The molecule has 1 fully saturated rings. The van der Waals surface area contributed by atoms with Crippen LogP contribution < -0.4 is 5.73 Å². The second-order valence-corrected chi connectivity index (χ2v) is 3.78. The van der Waals surface area contributed by atoms with Crippen LogP contribution in [0, 0.1) is 0 Å². The van der Waals surface area contributed by atoms with Crippen molar-refractivity contribution in [2.75, 3.05) is 5.73 Å². The van der Waals surface area contributed by atoms with E-state index in [0.717, 1.165) is 22.4 Å². The van der Waals surface area contributed by atoms with E-state index in [9.17, 15) is 0 Å². The predicted octanol–water partition coefficient (Wildman–Crippen LogP) is 2.09. The van der Waals surface area contributed by atoms with Gasteiger partial charge in [0.15, 0.2) is 0 Å². The van der Waals surface area contributed by atoms with Crippen molar-refractivity contribution in [3.05, 3.63) is 30.1 Å². The maximum Gasteiger partial charge on any atom is 0.112 e. The molecule has 0 atom stereocenters. The van der Waals surface area contributed by atoms with Gasteiger partial charge in [0.05, 0.1) is 11.2 Å². The van der Waals surface area contributed by atoms with Gasteiger partial charge in [0, 0.05) is 17.8 Å². The molecule has 0 spiro atoms. The van der Waals surface area contributed by atoms with Crippen LogP contribution in [-0.4, -0.2) is 9.97 Å². The molecule has 0 aliphatic heterocycles. The van der Waals surface area contributed by atoms with Gasteiger partial charge in [-0.1, -0.05) is 0 Å². The number of hydrogen-bond donors (Lipinski definition) is 1. The summed E-state index contributed by atoms with van der Waals surface area (Å²) in [5, 5.41) is 0. The predicted molar refractivity (Wildman–Crippen MR) is 55.9 cm³/mol. The molecule has 1 saturated carbocycles. The van der Waals surface area contributed by atoms with Crippen LogP contribution in [0.1, 0.15) is 24.5 Å². The fraction of sp³-hybridized carbons (Fsp3) is 0.273. The number of nitrogen functional groups attached to an aromatic ring is 1. The highest BCUT2D eigenvalue weighted by Crippen LogP contribution is 2.40. The van der Waals surface area contributed by atoms with Crippen LogP contribution in [-0.2, 0) is 0 Å². The molecule has 0 amide bonds. The van der Waals surface area contributed by atoms with Gasteiger partial charge in [0.2, 0.25) is 0 Å². The monoisotopic (exact) mass is 185 g/mol. The van der Waals surface area contributed by atoms with E-state index in [-0.39, 0.29) is 0 Å². The first-order valence-corrected chi connectivity index (χ1v) is 4.86. The number of hydrogen-bond acceptors (Lipinski definition) is 3. The molecule has 1 aliphatic carbocycles. The molecule has 70 valence electrons. The van der Waals surface area contributed by atoms with Crippen molar-refractivity contribution in [2.45, 2.75) is 18.8 Å². The number of nitrogens with two attached hydrogens (primary N) is 1. The zero-order valence-electron chi connectivity index (χ0n) is 7.77. The largest absolute Gasteiger partial charge is 0.397 e. The number of anilines is 1. The lowest BCUT2D eigenvalue weighted by Crippen LogP contribution is -1.95. The van der Waals surface area contributed by atoms with Crippen molar-refractivity contribution < 1.29 is 0 Å². The van der Waals surface area contributed by atoms with E-state index in [4.69, 9.17) is 5.73 Å². The first-order valence-electron chi connectivity index (χ1n) is 4.86. The van der Waals surface area contributed by atoms with Gasteiger partial charge >= 0.3 is 0 Å². The number of nitrogens with zero attached hydrogens (tertiary/aromatic N) is 2. The Morgan fingerprint density at radius 1 is 1.36 bits per heavy atom. The van der Waals surface area contributed by atoms with E-state index in [0.29, 0.717) is 5.92 Å². The summed E-state index contributed by atoms with van der Waals surface area (Å²) in [6.45, 7) is 0. The maximum absolute atomic E-state index is 5.92. The van der Waals surface area contributed by atoms with Crippen molar-refractivity contribution in [3.8, 4) is 0 Å². The van der Waals surface area contributed by atoms with Gasteiger partial charge in [-0.05, 0) is 31.0 Å². The first kappa shape index (κ1) is 7.74. The fourth-order valence-corrected chi connectivity index (χ4v) is 1.70. The second-order valence-electron chi connectivity index (χ2n) is 3.78. The van der Waals surface area contributed by atoms with Crippen LogP contribution in [0.25, 0.3) is 11.0 Å². The molecular formula is C11H11N3. The van der Waals surface area contributed by atoms with Gasteiger partial charge in [0.25, 0.3) is 0 Å². The van der Waals surface area contributed by atoms with Crippen molar-refractivity contribution in [2.24, 2.45) is 0 Å². The average Bonchev–Trinajstić information content (AvgIpc) is 3.01. The van der Waals surface area contributed by atoms with Crippen molar-refractivity contribution in [1.29, 1.82) is 0 Å². The molecule has 2 N–H and O–H groups in total. The van der Waals surface area contributed by atoms with Gasteiger partial charge in [-0.15, -0.1) is 0 Å². The van der Waals surface area contributed by atoms with Crippen molar-refractivity contribution in [1.82, 2.24) is 9.97 Å². The summed E-state index contributed by atoms with van der Waals surface area (Å²) in [6, 6.07) is 5.82. The molecule has 3 rings (SSSR count). The lowest BCUT2D eigenvalue weighted by molar-refractivity contribution is 1.04. The lowest BCUT2D eigenvalue weighted by Gasteiger charge is -2.03. The summed E-state index contributed by atoms with van der Waals surface area (Å²) in [5.74, 6) is 0.641. The minimum Gasteiger partial charge on any atom is -0.397 e. The van der Waals surface area contributed by atoms with Crippen LogP contribution in [0.3, 0.4) is 0 Å². The Morgan fingerprint density at radius 3 is 3.00 bits per heavy atom. The molecule has 14 heavy (non-hydrogen) atoms. The first-order chi connectivity index (χ1) is 6.84. The molecule has 0 saturated heterocycles. The Hall–Kier alpha value is -1.64. The molecule has 0 aromatic carbocycles. The minimum absolute atomic E-state index is 0.641. The quantitative estimate of drug-likeness (QED) is 0.740. The van der Waals surface area contributed by atoms with Gasteiger partial charge in [-0.2, -0.15) is 0 Å². The van der Waals surface area contributed by atoms with E-state index in [1.54, 1.807) is 6.20 Å². The summed E-state index contributed by atoms with van der Waals surface area (Å²) in [7, 11) is 0.